The Kier molecular flexibility index (Phi) is 6.10. The molecule has 1 aliphatic rings. The molecule has 3 aromatic rings. The molecule has 1 N–H and O–H groups in total. The topological polar surface area (TPSA) is 73.2 Å². The van der Waals surface area contributed by atoms with Crippen LogP contribution < -0.4 is 19.1 Å². The van der Waals surface area contributed by atoms with Crippen LogP contribution in [0.3, 0.4) is 0 Å². The maximum Gasteiger partial charge on any atom is 0.268 e. The molecule has 32 heavy (non-hydrogen) atoms. The van der Waals surface area contributed by atoms with Gasteiger partial charge in [-0.1, -0.05) is 0 Å². The lowest BCUT2D eigenvalue weighted by atomic mass is 10.2. The van der Waals surface area contributed by atoms with Gasteiger partial charge < -0.3 is 28.8 Å². The average Bonchev–Trinajstić information content (AvgIpc) is 3.43. The molecule has 1 atom stereocenters. The summed E-state index contributed by atoms with van der Waals surface area (Å²) in [4.78, 5) is 14.7. The van der Waals surface area contributed by atoms with Crippen molar-refractivity contribution in [2.75, 3.05) is 25.2 Å². The van der Waals surface area contributed by atoms with Crippen LogP contribution in [-0.2, 0) is 4.79 Å². The van der Waals surface area contributed by atoms with Gasteiger partial charge in [0.15, 0.2) is 17.6 Å². The largest absolute Gasteiger partial charge is 0.493 e. The number of ether oxygens (including phenoxy) is 3. The van der Waals surface area contributed by atoms with Crippen molar-refractivity contribution in [3.8, 4) is 22.9 Å². The third kappa shape index (κ3) is 4.89. The van der Waals surface area contributed by atoms with Crippen LogP contribution in [-0.4, -0.2) is 47.5 Å². The number of rotatable bonds is 8. The lowest BCUT2D eigenvalue weighted by Gasteiger charge is -2.21. The molecule has 168 valence electrons. The zero-order chi connectivity index (χ0) is 22.7. The molecule has 0 bridgehead atoms. The highest BCUT2D eigenvalue weighted by Crippen LogP contribution is 2.34. The molecular formula is C25H28N2O5. The van der Waals surface area contributed by atoms with Crippen LogP contribution in [0.4, 0.5) is 5.69 Å². The Morgan fingerprint density at radius 2 is 1.72 bits per heavy atom. The molecule has 1 saturated heterocycles. The van der Waals surface area contributed by atoms with E-state index >= 15 is 0 Å². The molecule has 1 fully saturated rings. The van der Waals surface area contributed by atoms with Crippen molar-refractivity contribution in [3.05, 3.63) is 67.0 Å². The number of nitrogens with zero attached hydrogens (tertiary/aromatic N) is 2. The third-order valence-electron chi connectivity index (χ3n) is 5.21. The smallest absolute Gasteiger partial charge is 0.268 e. The summed E-state index contributed by atoms with van der Waals surface area (Å²) in [6, 6.07) is 17.0. The van der Waals surface area contributed by atoms with E-state index in [1.165, 1.54) is 0 Å². The minimum Gasteiger partial charge on any atom is -0.493 e. The summed E-state index contributed by atoms with van der Waals surface area (Å²) in [5, 5.41) is 9.88. The molecule has 1 aromatic heterocycles. The number of aliphatic hydroxyl groups is 1. The highest BCUT2D eigenvalue weighted by atomic mass is 16.5. The fraction of sp³-hybridized carbons (Fsp3) is 0.320. The summed E-state index contributed by atoms with van der Waals surface area (Å²) >= 11 is 0. The van der Waals surface area contributed by atoms with Gasteiger partial charge in [0, 0.05) is 42.8 Å². The lowest BCUT2D eigenvalue weighted by molar-refractivity contribution is -0.122. The Bertz CT molecular complexity index is 1050. The molecule has 2 aromatic carbocycles. The van der Waals surface area contributed by atoms with E-state index in [4.69, 9.17) is 14.2 Å². The quantitative estimate of drug-likeness (QED) is 0.581. The molecular weight excluding hydrogens is 408 g/mol. The number of methoxy groups -OCH3 is 1. The lowest BCUT2D eigenvalue weighted by Crippen LogP contribution is -2.32. The Labute approximate surface area is 187 Å². The van der Waals surface area contributed by atoms with E-state index in [0.29, 0.717) is 30.2 Å². The number of hydrogen-bond acceptors (Lipinski definition) is 5. The van der Waals surface area contributed by atoms with Gasteiger partial charge in [-0.05, 0) is 62.4 Å². The molecule has 1 amide bonds. The van der Waals surface area contributed by atoms with Crippen molar-refractivity contribution in [2.24, 2.45) is 0 Å². The average molecular weight is 437 g/mol. The summed E-state index contributed by atoms with van der Waals surface area (Å²) in [7, 11) is 1.55. The van der Waals surface area contributed by atoms with E-state index in [1.807, 2.05) is 59.4 Å². The van der Waals surface area contributed by atoms with Gasteiger partial charge in [0.25, 0.3) is 5.91 Å². The number of carbonyl (C=O) groups is 1. The number of aromatic nitrogens is 1. The number of hydrogen-bond donors (Lipinski definition) is 1. The van der Waals surface area contributed by atoms with Crippen LogP contribution in [0.1, 0.15) is 20.3 Å². The Morgan fingerprint density at radius 1 is 1.03 bits per heavy atom. The van der Waals surface area contributed by atoms with Gasteiger partial charge in [0.05, 0.1) is 12.7 Å². The SMILES string of the molecule is COc1cc(N2CCC(Oc3ccc(-n4cccc4)cc3)C2=O)ccc1OCC(C)(C)O. The van der Waals surface area contributed by atoms with Gasteiger partial charge in [-0.2, -0.15) is 0 Å². The van der Waals surface area contributed by atoms with Crippen molar-refractivity contribution >= 4 is 11.6 Å². The highest BCUT2D eigenvalue weighted by Gasteiger charge is 2.34. The van der Waals surface area contributed by atoms with Crippen LogP contribution in [0.5, 0.6) is 17.2 Å². The predicted octanol–water partition coefficient (Wildman–Crippen LogP) is 3.82. The highest BCUT2D eigenvalue weighted by molar-refractivity contribution is 5.99. The Balaban J connectivity index is 1.42. The molecule has 7 heteroatoms. The first-order valence-corrected chi connectivity index (χ1v) is 10.6. The molecule has 1 aliphatic heterocycles. The summed E-state index contributed by atoms with van der Waals surface area (Å²) in [6.07, 6.45) is 4.01. The normalized spacial score (nSPS) is 16.3. The molecule has 2 heterocycles. The van der Waals surface area contributed by atoms with Gasteiger partial charge in [0.2, 0.25) is 0 Å². The van der Waals surface area contributed by atoms with Gasteiger partial charge in [0.1, 0.15) is 12.4 Å². The maximum atomic E-state index is 13.0. The van der Waals surface area contributed by atoms with E-state index < -0.39 is 11.7 Å². The number of benzene rings is 2. The molecule has 0 aliphatic carbocycles. The van der Waals surface area contributed by atoms with Crippen molar-refractivity contribution < 1.29 is 24.1 Å². The monoisotopic (exact) mass is 436 g/mol. The van der Waals surface area contributed by atoms with Gasteiger partial charge in [-0.3, -0.25) is 4.79 Å². The molecule has 0 saturated carbocycles. The van der Waals surface area contributed by atoms with Crippen LogP contribution in [0.2, 0.25) is 0 Å². The fourth-order valence-electron chi connectivity index (χ4n) is 3.59. The number of carbonyl (C=O) groups excluding carboxylic acids is 1. The zero-order valence-corrected chi connectivity index (χ0v) is 18.5. The van der Waals surface area contributed by atoms with Crippen LogP contribution in [0, 0.1) is 0 Å². The van der Waals surface area contributed by atoms with E-state index in [-0.39, 0.29) is 12.5 Å². The van der Waals surface area contributed by atoms with Gasteiger partial charge >= 0.3 is 0 Å². The third-order valence-corrected chi connectivity index (χ3v) is 5.21. The maximum absolute atomic E-state index is 13.0. The second-order valence-electron chi connectivity index (χ2n) is 8.41. The fourth-order valence-corrected chi connectivity index (χ4v) is 3.59. The Morgan fingerprint density at radius 3 is 2.38 bits per heavy atom. The van der Waals surface area contributed by atoms with E-state index in [2.05, 4.69) is 0 Å². The van der Waals surface area contributed by atoms with Crippen molar-refractivity contribution in [1.82, 2.24) is 4.57 Å². The van der Waals surface area contributed by atoms with Crippen LogP contribution in [0.25, 0.3) is 5.69 Å². The minimum absolute atomic E-state index is 0.0910. The number of anilines is 1. The van der Waals surface area contributed by atoms with Gasteiger partial charge in [-0.25, -0.2) is 0 Å². The first kappa shape index (κ1) is 21.8. The molecule has 1 unspecified atom stereocenters. The first-order valence-electron chi connectivity index (χ1n) is 10.6. The minimum atomic E-state index is -0.959. The van der Waals surface area contributed by atoms with Crippen LogP contribution >= 0.6 is 0 Å². The zero-order valence-electron chi connectivity index (χ0n) is 18.5. The number of amides is 1. The Hall–Kier alpha value is -3.45. The molecule has 7 nitrogen and oxygen atoms in total. The molecule has 4 rings (SSSR count). The summed E-state index contributed by atoms with van der Waals surface area (Å²) < 4.78 is 19.1. The summed E-state index contributed by atoms with van der Waals surface area (Å²) in [5.74, 6) is 1.59. The molecule has 0 spiro atoms. The van der Waals surface area contributed by atoms with E-state index in [9.17, 15) is 9.90 Å². The summed E-state index contributed by atoms with van der Waals surface area (Å²) in [5.41, 5.74) is 0.788. The van der Waals surface area contributed by atoms with Crippen molar-refractivity contribution in [1.29, 1.82) is 0 Å². The molecule has 0 radical (unpaired) electrons. The van der Waals surface area contributed by atoms with Crippen molar-refractivity contribution in [2.45, 2.75) is 32.0 Å². The van der Waals surface area contributed by atoms with Gasteiger partial charge in [-0.15, -0.1) is 0 Å². The van der Waals surface area contributed by atoms with E-state index in [1.54, 1.807) is 38.0 Å². The van der Waals surface area contributed by atoms with Crippen LogP contribution in [0.15, 0.2) is 67.0 Å². The second-order valence-corrected chi connectivity index (χ2v) is 8.41. The standard InChI is InChI=1S/C25H28N2O5/c1-25(2,29)17-31-21-11-8-19(16-23(21)30-3)27-15-12-22(24(27)28)32-20-9-6-18(7-10-20)26-13-4-5-14-26/h4-11,13-14,16,22,29H,12,15,17H2,1-3H3. The predicted molar refractivity (Wildman–Crippen MR) is 122 cm³/mol. The second kappa shape index (κ2) is 8.96. The van der Waals surface area contributed by atoms with Crippen molar-refractivity contribution in [3.63, 3.8) is 0 Å². The summed E-state index contributed by atoms with van der Waals surface area (Å²) in [6.45, 7) is 4.03. The van der Waals surface area contributed by atoms with E-state index in [0.717, 1.165) is 11.4 Å². The first-order chi connectivity index (χ1) is 15.3.